The smallest absolute Gasteiger partial charge is 0.295 e. The molecule has 2 aromatic carbocycles. The quantitative estimate of drug-likeness (QED) is 0.464. The minimum atomic E-state index is -0.441. The molecule has 0 N–H and O–H groups in total. The number of ketones is 1. The second-order valence-corrected chi connectivity index (χ2v) is 7.27. The molecular weight excluding hydrogens is 376 g/mol. The summed E-state index contributed by atoms with van der Waals surface area (Å²) in [5, 5.41) is 1.35. The molecule has 1 fully saturated rings. The highest BCUT2D eigenvalue weighted by Gasteiger charge is 2.27. The van der Waals surface area contributed by atoms with E-state index in [1.165, 1.54) is 0 Å². The van der Waals surface area contributed by atoms with Crippen LogP contribution in [-0.4, -0.2) is 40.9 Å². The number of carbonyl (C=O) groups excluding carboxylic acids is 2. The van der Waals surface area contributed by atoms with E-state index in [0.717, 1.165) is 23.7 Å². The van der Waals surface area contributed by atoms with Gasteiger partial charge in [-0.15, -0.1) is 0 Å². The number of hydrogen-bond donors (Lipinski definition) is 0. The van der Waals surface area contributed by atoms with E-state index < -0.39 is 11.7 Å². The number of halogens is 1. The monoisotopic (exact) mass is 396 g/mol. The largest absolute Gasteiger partial charge is 0.490 e. The van der Waals surface area contributed by atoms with Crippen LogP contribution >= 0.6 is 11.6 Å². The molecule has 1 saturated heterocycles. The van der Waals surface area contributed by atoms with Gasteiger partial charge in [-0.3, -0.25) is 9.59 Å². The molecule has 4 rings (SSSR count). The van der Waals surface area contributed by atoms with Crippen LogP contribution in [0.4, 0.5) is 0 Å². The SMILES string of the molecule is O=C(C(=O)N1CCCC1)c1cn(CCOc2ccccc2Cl)c2ccccc12. The van der Waals surface area contributed by atoms with E-state index in [-0.39, 0.29) is 0 Å². The Labute approximate surface area is 168 Å². The Balaban J connectivity index is 1.55. The number of carbonyl (C=O) groups is 2. The van der Waals surface area contributed by atoms with Crippen molar-refractivity contribution in [2.75, 3.05) is 19.7 Å². The lowest BCUT2D eigenvalue weighted by molar-refractivity contribution is -0.125. The summed E-state index contributed by atoms with van der Waals surface area (Å²) in [6, 6.07) is 14.9. The Morgan fingerprint density at radius 3 is 2.50 bits per heavy atom. The summed E-state index contributed by atoms with van der Waals surface area (Å²) in [7, 11) is 0. The molecule has 0 atom stereocenters. The number of fused-ring (bicyclic) bond motifs is 1. The van der Waals surface area contributed by atoms with Crippen LogP contribution in [0, 0.1) is 0 Å². The molecule has 3 aromatic rings. The predicted octanol–water partition coefficient (Wildman–Crippen LogP) is 4.18. The zero-order chi connectivity index (χ0) is 19.5. The van der Waals surface area contributed by atoms with Crippen molar-refractivity contribution in [3.63, 3.8) is 0 Å². The lowest BCUT2D eigenvalue weighted by Crippen LogP contribution is -2.34. The van der Waals surface area contributed by atoms with Crippen molar-refractivity contribution in [2.24, 2.45) is 0 Å². The first-order valence-electron chi connectivity index (χ1n) is 9.44. The zero-order valence-electron chi connectivity index (χ0n) is 15.4. The normalized spacial score (nSPS) is 13.8. The summed E-state index contributed by atoms with van der Waals surface area (Å²) in [6.07, 6.45) is 3.68. The molecule has 0 unspecified atom stereocenters. The molecule has 1 aliphatic heterocycles. The third kappa shape index (κ3) is 3.62. The second kappa shape index (κ2) is 8.07. The Kier molecular flexibility index (Phi) is 5.35. The van der Waals surface area contributed by atoms with Gasteiger partial charge >= 0.3 is 0 Å². The van der Waals surface area contributed by atoms with Crippen molar-refractivity contribution in [3.8, 4) is 5.75 Å². The standard InChI is InChI=1S/C22H21ClN2O3/c23-18-8-2-4-10-20(18)28-14-13-25-15-17(16-7-1-3-9-19(16)25)21(26)22(27)24-11-5-6-12-24/h1-4,7-10,15H,5-6,11-14H2. The Hall–Kier alpha value is -2.79. The van der Waals surface area contributed by atoms with Crippen LogP contribution in [0.5, 0.6) is 5.75 Å². The fraction of sp³-hybridized carbons (Fsp3) is 0.273. The van der Waals surface area contributed by atoms with Crippen LogP contribution in [0.15, 0.2) is 54.7 Å². The zero-order valence-corrected chi connectivity index (χ0v) is 16.2. The van der Waals surface area contributed by atoms with Gasteiger partial charge in [0, 0.05) is 30.2 Å². The van der Waals surface area contributed by atoms with Crippen LogP contribution in [0.25, 0.3) is 10.9 Å². The molecule has 0 radical (unpaired) electrons. The molecule has 28 heavy (non-hydrogen) atoms. The first-order valence-corrected chi connectivity index (χ1v) is 9.82. The van der Waals surface area contributed by atoms with Gasteiger partial charge < -0.3 is 14.2 Å². The van der Waals surface area contributed by atoms with Gasteiger partial charge in [0.05, 0.1) is 17.1 Å². The molecule has 0 spiro atoms. The van der Waals surface area contributed by atoms with E-state index in [4.69, 9.17) is 16.3 Å². The van der Waals surface area contributed by atoms with Crippen LogP contribution in [0.1, 0.15) is 23.2 Å². The summed E-state index contributed by atoms with van der Waals surface area (Å²) < 4.78 is 7.73. The molecule has 6 heteroatoms. The van der Waals surface area contributed by atoms with Crippen molar-refractivity contribution in [1.29, 1.82) is 0 Å². The lowest BCUT2D eigenvalue weighted by Gasteiger charge is -2.13. The van der Waals surface area contributed by atoms with Crippen LogP contribution in [0.3, 0.4) is 0 Å². The molecule has 144 valence electrons. The van der Waals surface area contributed by atoms with Gasteiger partial charge in [-0.05, 0) is 31.0 Å². The van der Waals surface area contributed by atoms with E-state index in [1.807, 2.05) is 47.0 Å². The average molecular weight is 397 g/mol. The second-order valence-electron chi connectivity index (χ2n) is 6.86. The van der Waals surface area contributed by atoms with Crippen molar-refractivity contribution in [1.82, 2.24) is 9.47 Å². The summed E-state index contributed by atoms with van der Waals surface area (Å²) in [5.74, 6) is -0.224. The van der Waals surface area contributed by atoms with Crippen molar-refractivity contribution >= 4 is 34.2 Å². The third-order valence-corrected chi connectivity index (χ3v) is 5.36. The maximum atomic E-state index is 12.8. The number of nitrogens with zero attached hydrogens (tertiary/aromatic N) is 2. The molecule has 0 aliphatic carbocycles. The summed E-state index contributed by atoms with van der Waals surface area (Å²) in [4.78, 5) is 27.1. The molecule has 1 aliphatic rings. The summed E-state index contributed by atoms with van der Waals surface area (Å²) in [6.45, 7) is 2.26. The van der Waals surface area contributed by atoms with Crippen LogP contribution in [0.2, 0.25) is 5.02 Å². The lowest BCUT2D eigenvalue weighted by atomic mass is 10.1. The highest BCUT2D eigenvalue weighted by molar-refractivity contribution is 6.44. The highest BCUT2D eigenvalue weighted by Crippen LogP contribution is 2.25. The van der Waals surface area contributed by atoms with Gasteiger partial charge in [0.1, 0.15) is 12.4 Å². The number of para-hydroxylation sites is 2. The Morgan fingerprint density at radius 1 is 1.00 bits per heavy atom. The molecule has 1 amide bonds. The van der Waals surface area contributed by atoms with Crippen molar-refractivity contribution in [3.05, 3.63) is 65.3 Å². The van der Waals surface area contributed by atoms with E-state index in [9.17, 15) is 9.59 Å². The van der Waals surface area contributed by atoms with Crippen molar-refractivity contribution in [2.45, 2.75) is 19.4 Å². The molecule has 5 nitrogen and oxygen atoms in total. The first kappa shape index (κ1) is 18.6. The summed E-state index contributed by atoms with van der Waals surface area (Å²) in [5.41, 5.74) is 1.35. The number of likely N-dealkylation sites (tertiary alicyclic amines) is 1. The van der Waals surface area contributed by atoms with Crippen molar-refractivity contribution < 1.29 is 14.3 Å². The number of hydrogen-bond acceptors (Lipinski definition) is 3. The van der Waals surface area contributed by atoms with Crippen LogP contribution < -0.4 is 4.74 Å². The third-order valence-electron chi connectivity index (χ3n) is 5.05. The molecule has 1 aromatic heterocycles. The van der Waals surface area contributed by atoms with Gasteiger partial charge in [0.2, 0.25) is 0 Å². The van der Waals surface area contributed by atoms with E-state index in [1.54, 1.807) is 17.2 Å². The number of rotatable bonds is 6. The Bertz CT molecular complexity index is 1020. The Morgan fingerprint density at radius 2 is 1.71 bits per heavy atom. The van der Waals surface area contributed by atoms with Gasteiger partial charge in [0.25, 0.3) is 11.7 Å². The fourth-order valence-corrected chi connectivity index (χ4v) is 3.80. The topological polar surface area (TPSA) is 51.5 Å². The van der Waals surface area contributed by atoms with E-state index in [0.29, 0.717) is 42.6 Å². The minimum Gasteiger partial charge on any atom is -0.490 e. The fourth-order valence-electron chi connectivity index (χ4n) is 3.61. The van der Waals surface area contributed by atoms with Gasteiger partial charge in [-0.2, -0.15) is 0 Å². The molecule has 0 saturated carbocycles. The van der Waals surface area contributed by atoms with Gasteiger partial charge in [-0.25, -0.2) is 0 Å². The number of Topliss-reactive ketones (excluding diaryl/α,β-unsaturated/α-hetero) is 1. The predicted molar refractivity (Wildman–Crippen MR) is 109 cm³/mol. The number of aromatic nitrogens is 1. The molecule has 0 bridgehead atoms. The molecule has 2 heterocycles. The van der Waals surface area contributed by atoms with E-state index in [2.05, 4.69) is 0 Å². The summed E-state index contributed by atoms with van der Waals surface area (Å²) >= 11 is 6.13. The van der Waals surface area contributed by atoms with E-state index >= 15 is 0 Å². The number of benzene rings is 2. The highest BCUT2D eigenvalue weighted by atomic mass is 35.5. The maximum Gasteiger partial charge on any atom is 0.295 e. The number of ether oxygens (including phenoxy) is 1. The maximum absolute atomic E-state index is 12.8. The van der Waals surface area contributed by atoms with Crippen LogP contribution in [-0.2, 0) is 11.3 Å². The van der Waals surface area contributed by atoms with Gasteiger partial charge in [0.15, 0.2) is 0 Å². The first-order chi connectivity index (χ1) is 13.6. The minimum absolute atomic E-state index is 0.399. The number of amides is 1. The molecular formula is C22H21ClN2O3. The van der Waals surface area contributed by atoms with Gasteiger partial charge in [-0.1, -0.05) is 41.9 Å². The average Bonchev–Trinajstić information content (AvgIpc) is 3.37.